The topological polar surface area (TPSA) is 98.2 Å². The van der Waals surface area contributed by atoms with Gasteiger partial charge in [0.1, 0.15) is 6.04 Å². The summed E-state index contributed by atoms with van der Waals surface area (Å²) >= 11 is 0. The maximum atomic E-state index is 11.5. The van der Waals surface area contributed by atoms with Crippen molar-refractivity contribution in [2.75, 3.05) is 6.54 Å². The van der Waals surface area contributed by atoms with Crippen molar-refractivity contribution in [1.82, 2.24) is 5.32 Å². The molecule has 0 aliphatic rings. The highest BCUT2D eigenvalue weighted by atomic mass is 16.2. The van der Waals surface area contributed by atoms with Crippen molar-refractivity contribution in [3.05, 3.63) is 35.9 Å². The van der Waals surface area contributed by atoms with Crippen LogP contribution in [0.15, 0.2) is 30.3 Å². The molecule has 1 aromatic rings. The minimum absolute atomic E-state index is 0.118. The van der Waals surface area contributed by atoms with Crippen LogP contribution in [0.25, 0.3) is 0 Å². The van der Waals surface area contributed by atoms with Gasteiger partial charge in [0, 0.05) is 13.0 Å². The number of hydrogen-bond donors (Lipinski definition) is 3. The number of nitrogens with one attached hydrogen (secondary N) is 1. The normalized spacial score (nSPS) is 11.8. The van der Waals surface area contributed by atoms with Gasteiger partial charge >= 0.3 is 0 Å². The number of primary amides is 1. The lowest BCUT2D eigenvalue weighted by atomic mass is 10.1. The van der Waals surface area contributed by atoms with E-state index in [4.69, 9.17) is 11.5 Å². The van der Waals surface area contributed by atoms with Crippen molar-refractivity contribution in [1.29, 1.82) is 0 Å². The van der Waals surface area contributed by atoms with Gasteiger partial charge in [-0.3, -0.25) is 9.59 Å². The molecule has 0 bridgehead atoms. The molecule has 0 radical (unpaired) electrons. The van der Waals surface area contributed by atoms with Gasteiger partial charge in [-0.1, -0.05) is 30.3 Å². The lowest BCUT2D eigenvalue weighted by Crippen LogP contribution is -2.35. The summed E-state index contributed by atoms with van der Waals surface area (Å²) in [5.74, 6) is -0.763. The van der Waals surface area contributed by atoms with Gasteiger partial charge < -0.3 is 16.8 Å². The monoisotopic (exact) mass is 221 g/mol. The Morgan fingerprint density at radius 2 is 1.88 bits per heavy atom. The maximum absolute atomic E-state index is 11.5. The minimum atomic E-state index is -0.714. The molecular formula is C11H15N3O2. The number of carbonyl (C=O) groups is 2. The number of rotatable bonds is 5. The van der Waals surface area contributed by atoms with Crippen molar-refractivity contribution in [2.24, 2.45) is 11.5 Å². The molecule has 86 valence electrons. The van der Waals surface area contributed by atoms with Crippen LogP contribution in [0.4, 0.5) is 0 Å². The Labute approximate surface area is 93.8 Å². The molecule has 0 saturated heterocycles. The molecule has 0 aliphatic heterocycles. The molecule has 5 heteroatoms. The van der Waals surface area contributed by atoms with Gasteiger partial charge in [0.25, 0.3) is 0 Å². The Morgan fingerprint density at radius 1 is 1.25 bits per heavy atom. The summed E-state index contributed by atoms with van der Waals surface area (Å²) in [5, 5.41) is 2.55. The van der Waals surface area contributed by atoms with Crippen molar-refractivity contribution >= 4 is 11.8 Å². The third-order valence-electron chi connectivity index (χ3n) is 2.11. The first-order valence-corrected chi connectivity index (χ1v) is 4.98. The summed E-state index contributed by atoms with van der Waals surface area (Å²) in [7, 11) is 0. The first kappa shape index (κ1) is 12.2. The fourth-order valence-corrected chi connectivity index (χ4v) is 1.23. The molecule has 0 spiro atoms. The zero-order valence-electron chi connectivity index (χ0n) is 8.85. The average molecular weight is 221 g/mol. The van der Waals surface area contributed by atoms with E-state index >= 15 is 0 Å². The predicted octanol–water partition coefficient (Wildman–Crippen LogP) is -0.322. The Hall–Kier alpha value is -1.88. The Bertz CT molecular complexity index is 365. The quantitative estimate of drug-likeness (QED) is 0.635. The minimum Gasteiger partial charge on any atom is -0.370 e. The van der Waals surface area contributed by atoms with Gasteiger partial charge in [-0.15, -0.1) is 0 Å². The van der Waals surface area contributed by atoms with Gasteiger partial charge in [-0.25, -0.2) is 0 Å². The van der Waals surface area contributed by atoms with E-state index < -0.39 is 11.9 Å². The maximum Gasteiger partial charge on any atom is 0.241 e. The number of nitrogens with two attached hydrogens (primary N) is 2. The zero-order chi connectivity index (χ0) is 12.0. The summed E-state index contributed by atoms with van der Waals surface area (Å²) in [6.45, 7) is 0.217. The molecular weight excluding hydrogens is 206 g/mol. The fourth-order valence-electron chi connectivity index (χ4n) is 1.23. The van der Waals surface area contributed by atoms with E-state index in [1.807, 2.05) is 18.2 Å². The smallest absolute Gasteiger partial charge is 0.241 e. The molecule has 1 atom stereocenters. The molecule has 0 aromatic heterocycles. The van der Waals surface area contributed by atoms with Gasteiger partial charge in [-0.05, 0) is 5.56 Å². The molecule has 0 fully saturated rings. The second kappa shape index (κ2) is 5.87. The fraction of sp³-hybridized carbons (Fsp3) is 0.273. The largest absolute Gasteiger partial charge is 0.370 e. The summed E-state index contributed by atoms with van der Waals surface area (Å²) in [6, 6.07) is 8.31. The first-order chi connectivity index (χ1) is 7.61. The molecule has 1 rings (SSSR count). The van der Waals surface area contributed by atoms with Crippen LogP contribution in [0.1, 0.15) is 18.0 Å². The third kappa shape index (κ3) is 3.70. The number of carbonyl (C=O) groups excluding carboxylic acids is 2. The highest BCUT2D eigenvalue weighted by Gasteiger charge is 2.14. The molecule has 0 heterocycles. The SMILES string of the molecule is NC(=O)CCNC(=O)[C@H](N)c1ccccc1. The van der Waals surface area contributed by atoms with Gasteiger partial charge in [0.15, 0.2) is 0 Å². The van der Waals surface area contributed by atoms with E-state index in [0.717, 1.165) is 5.56 Å². The molecule has 5 nitrogen and oxygen atoms in total. The summed E-state index contributed by atoms with van der Waals surface area (Å²) in [4.78, 5) is 22.0. The summed E-state index contributed by atoms with van der Waals surface area (Å²) in [6.07, 6.45) is 0.118. The van der Waals surface area contributed by atoms with Crippen LogP contribution in [0.2, 0.25) is 0 Å². The predicted molar refractivity (Wildman–Crippen MR) is 60.2 cm³/mol. The van der Waals surface area contributed by atoms with Crippen LogP contribution in [-0.2, 0) is 9.59 Å². The molecule has 5 N–H and O–H groups in total. The molecule has 0 aliphatic carbocycles. The first-order valence-electron chi connectivity index (χ1n) is 4.98. The van der Waals surface area contributed by atoms with Crippen LogP contribution in [0.5, 0.6) is 0 Å². The average Bonchev–Trinajstić information content (AvgIpc) is 2.28. The highest BCUT2D eigenvalue weighted by Crippen LogP contribution is 2.08. The molecule has 16 heavy (non-hydrogen) atoms. The van der Waals surface area contributed by atoms with Gasteiger partial charge in [-0.2, -0.15) is 0 Å². The molecule has 0 saturated carbocycles. The van der Waals surface area contributed by atoms with Crippen molar-refractivity contribution in [3.63, 3.8) is 0 Å². The second-order valence-corrected chi connectivity index (χ2v) is 3.40. The van der Waals surface area contributed by atoms with Crippen LogP contribution in [0.3, 0.4) is 0 Å². The molecule has 2 amide bonds. The van der Waals surface area contributed by atoms with Crippen molar-refractivity contribution in [3.8, 4) is 0 Å². The lowest BCUT2D eigenvalue weighted by Gasteiger charge is -2.11. The van der Waals surface area contributed by atoms with E-state index in [2.05, 4.69) is 5.32 Å². The van der Waals surface area contributed by atoms with Gasteiger partial charge in [0.2, 0.25) is 11.8 Å². The van der Waals surface area contributed by atoms with Crippen LogP contribution < -0.4 is 16.8 Å². The van der Waals surface area contributed by atoms with Crippen molar-refractivity contribution in [2.45, 2.75) is 12.5 Å². The van der Waals surface area contributed by atoms with E-state index in [1.165, 1.54) is 0 Å². The highest BCUT2D eigenvalue weighted by molar-refractivity contribution is 5.83. The Morgan fingerprint density at radius 3 is 2.44 bits per heavy atom. The lowest BCUT2D eigenvalue weighted by molar-refractivity contribution is -0.122. The zero-order valence-corrected chi connectivity index (χ0v) is 8.85. The van der Waals surface area contributed by atoms with Crippen molar-refractivity contribution < 1.29 is 9.59 Å². The number of hydrogen-bond acceptors (Lipinski definition) is 3. The molecule has 0 unspecified atom stereocenters. The Kier molecular flexibility index (Phi) is 4.47. The number of benzene rings is 1. The van der Waals surface area contributed by atoms with Gasteiger partial charge in [0.05, 0.1) is 0 Å². The standard InChI is InChI=1S/C11H15N3O2/c12-9(15)6-7-14-11(16)10(13)8-4-2-1-3-5-8/h1-5,10H,6-7,13H2,(H2,12,15)(H,14,16)/t10-/m1/s1. The van der Waals surface area contributed by atoms with Crippen LogP contribution in [0, 0.1) is 0 Å². The number of amides is 2. The van der Waals surface area contributed by atoms with E-state index in [9.17, 15) is 9.59 Å². The molecule has 1 aromatic carbocycles. The van der Waals surface area contributed by atoms with Crippen LogP contribution in [-0.4, -0.2) is 18.4 Å². The van der Waals surface area contributed by atoms with E-state index in [1.54, 1.807) is 12.1 Å². The summed E-state index contributed by atoms with van der Waals surface area (Å²) < 4.78 is 0. The van der Waals surface area contributed by atoms with E-state index in [0.29, 0.717) is 0 Å². The van der Waals surface area contributed by atoms with E-state index in [-0.39, 0.29) is 18.9 Å². The Balaban J connectivity index is 2.45. The summed E-state index contributed by atoms with van der Waals surface area (Å²) in [5.41, 5.74) is 11.4. The van der Waals surface area contributed by atoms with Crippen LogP contribution >= 0.6 is 0 Å². The second-order valence-electron chi connectivity index (χ2n) is 3.40. The third-order valence-corrected chi connectivity index (χ3v) is 2.11.